The molecule has 3 rings (SSSR count). The summed E-state index contributed by atoms with van der Waals surface area (Å²) in [6, 6.07) is 0. The van der Waals surface area contributed by atoms with Crippen molar-refractivity contribution in [2.75, 3.05) is 6.61 Å². The van der Waals surface area contributed by atoms with Gasteiger partial charge in [0.2, 0.25) is 5.82 Å². The van der Waals surface area contributed by atoms with Crippen LogP contribution in [0.4, 0.5) is 4.39 Å². The van der Waals surface area contributed by atoms with Crippen LogP contribution in [-0.4, -0.2) is 33.5 Å². The maximum Gasteiger partial charge on any atom is 0.330 e. The molecule has 2 aromatic heterocycles. The molecule has 0 spiro atoms. The Labute approximate surface area is 175 Å². The Morgan fingerprint density at radius 3 is 2.73 bits per heavy atom. The molecule has 26 heavy (non-hydrogen) atoms. The van der Waals surface area contributed by atoms with Crippen molar-refractivity contribution in [2.24, 2.45) is 0 Å². The van der Waals surface area contributed by atoms with Crippen LogP contribution in [0.15, 0.2) is 28.5 Å². The molecule has 1 saturated heterocycles. The molecule has 0 unspecified atom stereocenters. The number of aliphatic hydroxyl groups is 1. The molecular formula is C14H12Br3FN2O5S. The van der Waals surface area contributed by atoms with Gasteiger partial charge in [-0.3, -0.25) is 14.3 Å². The average molecular weight is 579 g/mol. The van der Waals surface area contributed by atoms with Gasteiger partial charge in [0.15, 0.2) is 0 Å². The minimum Gasteiger partial charge on any atom is -0.394 e. The smallest absolute Gasteiger partial charge is 0.330 e. The number of nitrogens with zero attached hydrogens (tertiary/aromatic N) is 1. The Balaban J connectivity index is 1.75. The van der Waals surface area contributed by atoms with Crippen LogP contribution in [-0.2, 0) is 16.1 Å². The number of nitrogens with one attached hydrogen (secondary N) is 1. The lowest BCUT2D eigenvalue weighted by Gasteiger charge is -2.16. The van der Waals surface area contributed by atoms with Gasteiger partial charge in [0.25, 0.3) is 5.56 Å². The van der Waals surface area contributed by atoms with Gasteiger partial charge in [0.1, 0.15) is 12.3 Å². The Morgan fingerprint density at radius 2 is 2.12 bits per heavy atom. The summed E-state index contributed by atoms with van der Waals surface area (Å²) >= 11 is 11.8. The van der Waals surface area contributed by atoms with Crippen LogP contribution in [0.25, 0.3) is 0 Å². The fourth-order valence-electron chi connectivity index (χ4n) is 2.57. The molecule has 12 heteroatoms. The van der Waals surface area contributed by atoms with Gasteiger partial charge in [-0.15, -0.1) is 11.3 Å². The zero-order valence-electron chi connectivity index (χ0n) is 12.9. The Kier molecular flexibility index (Phi) is 6.53. The number of aliphatic hydroxyl groups excluding tert-OH is 1. The number of aromatic amines is 1. The van der Waals surface area contributed by atoms with E-state index in [9.17, 15) is 19.1 Å². The molecule has 2 aromatic rings. The molecule has 0 aliphatic carbocycles. The summed E-state index contributed by atoms with van der Waals surface area (Å²) < 4.78 is 28.6. The first-order valence-electron chi connectivity index (χ1n) is 7.32. The third kappa shape index (κ3) is 4.05. The van der Waals surface area contributed by atoms with Crippen molar-refractivity contribution < 1.29 is 19.0 Å². The summed E-state index contributed by atoms with van der Waals surface area (Å²) in [6.07, 6.45) is -0.999. The quantitative estimate of drug-likeness (QED) is 0.569. The van der Waals surface area contributed by atoms with E-state index in [4.69, 9.17) is 9.47 Å². The highest BCUT2D eigenvalue weighted by molar-refractivity contribution is 9.14. The molecule has 0 saturated carbocycles. The molecule has 1 aliphatic heterocycles. The lowest BCUT2D eigenvalue weighted by Crippen LogP contribution is -2.34. The van der Waals surface area contributed by atoms with E-state index < -0.39 is 35.5 Å². The molecule has 0 aromatic carbocycles. The van der Waals surface area contributed by atoms with Crippen molar-refractivity contribution in [2.45, 2.75) is 31.5 Å². The summed E-state index contributed by atoms with van der Waals surface area (Å²) in [5.41, 5.74) is -1.87. The SMILES string of the molecule is O=c1[nH]c(=O)n([C@H]2C[C@H](OCc3sc(Br)c(Br)c3Br)[C@@H](CO)O2)cc1F. The zero-order chi connectivity index (χ0) is 19.0. The normalized spacial score (nSPS) is 22.9. The van der Waals surface area contributed by atoms with E-state index in [-0.39, 0.29) is 19.6 Å². The van der Waals surface area contributed by atoms with Crippen LogP contribution in [0.2, 0.25) is 0 Å². The van der Waals surface area contributed by atoms with Crippen molar-refractivity contribution in [3.8, 4) is 0 Å². The van der Waals surface area contributed by atoms with Gasteiger partial charge in [-0.1, -0.05) is 0 Å². The van der Waals surface area contributed by atoms with E-state index in [0.29, 0.717) is 0 Å². The first kappa shape index (κ1) is 20.4. The molecular weight excluding hydrogens is 567 g/mol. The monoisotopic (exact) mass is 576 g/mol. The molecule has 0 radical (unpaired) electrons. The Hall–Kier alpha value is -0.370. The second-order valence-corrected chi connectivity index (χ2v) is 9.48. The maximum absolute atomic E-state index is 13.5. The van der Waals surface area contributed by atoms with Crippen molar-refractivity contribution in [3.05, 3.63) is 50.5 Å². The Bertz CT molecular complexity index is 930. The second kappa shape index (κ2) is 8.33. The van der Waals surface area contributed by atoms with Crippen molar-refractivity contribution in [3.63, 3.8) is 0 Å². The predicted molar refractivity (Wildman–Crippen MR) is 103 cm³/mol. The van der Waals surface area contributed by atoms with Gasteiger partial charge in [0.05, 0.1) is 33.8 Å². The first-order chi connectivity index (χ1) is 12.3. The molecule has 142 valence electrons. The molecule has 3 atom stereocenters. The fraction of sp³-hybridized carbons (Fsp3) is 0.429. The highest BCUT2D eigenvalue weighted by atomic mass is 79.9. The van der Waals surface area contributed by atoms with E-state index in [2.05, 4.69) is 47.8 Å². The minimum atomic E-state index is -1.09. The third-order valence-corrected chi connectivity index (χ3v) is 8.94. The van der Waals surface area contributed by atoms with Gasteiger partial charge in [-0.05, 0) is 47.8 Å². The topological polar surface area (TPSA) is 93.6 Å². The summed E-state index contributed by atoms with van der Waals surface area (Å²) in [7, 11) is 0. The van der Waals surface area contributed by atoms with Gasteiger partial charge in [0, 0.05) is 15.8 Å². The molecule has 2 N–H and O–H groups in total. The van der Waals surface area contributed by atoms with Crippen molar-refractivity contribution in [1.29, 1.82) is 0 Å². The van der Waals surface area contributed by atoms with E-state index in [0.717, 1.165) is 28.4 Å². The van der Waals surface area contributed by atoms with Gasteiger partial charge >= 0.3 is 5.69 Å². The Morgan fingerprint density at radius 1 is 1.38 bits per heavy atom. The van der Waals surface area contributed by atoms with E-state index in [1.165, 1.54) is 11.3 Å². The number of thiophene rings is 1. The third-order valence-electron chi connectivity index (χ3n) is 3.85. The molecule has 0 bridgehead atoms. The van der Waals surface area contributed by atoms with E-state index >= 15 is 0 Å². The standard InChI is InChI=1S/C14H12Br3FN2O5S/c15-10-8(26-12(17)11(10)16)4-24-6-1-9(25-7(6)3-21)20-2-5(18)13(22)19-14(20)23/h2,6-7,9,21H,1,3-4H2,(H,19,22,23)/t6-,7+,9+/m0/s1. The average Bonchev–Trinajstić information content (AvgIpc) is 3.12. The predicted octanol–water partition coefficient (Wildman–Crippen LogP) is 2.89. The molecule has 1 aliphatic rings. The number of aromatic nitrogens is 2. The highest BCUT2D eigenvalue weighted by Gasteiger charge is 2.37. The summed E-state index contributed by atoms with van der Waals surface area (Å²) in [6.45, 7) is -0.0532. The van der Waals surface area contributed by atoms with E-state index in [1.807, 2.05) is 4.98 Å². The zero-order valence-corrected chi connectivity index (χ0v) is 18.5. The van der Waals surface area contributed by atoms with Crippen molar-refractivity contribution in [1.82, 2.24) is 9.55 Å². The van der Waals surface area contributed by atoms with Gasteiger partial charge in [-0.25, -0.2) is 4.79 Å². The van der Waals surface area contributed by atoms with Gasteiger partial charge in [-0.2, -0.15) is 4.39 Å². The van der Waals surface area contributed by atoms with Gasteiger partial charge < -0.3 is 14.6 Å². The molecule has 1 fully saturated rings. The molecule has 7 nitrogen and oxygen atoms in total. The number of rotatable bonds is 5. The van der Waals surface area contributed by atoms with E-state index in [1.54, 1.807) is 0 Å². The number of hydrogen-bond donors (Lipinski definition) is 2. The summed E-state index contributed by atoms with van der Waals surface area (Å²) in [4.78, 5) is 25.9. The lowest BCUT2D eigenvalue weighted by molar-refractivity contribution is -0.0656. The fourth-order valence-corrected chi connectivity index (χ4v) is 5.64. The number of ether oxygens (including phenoxy) is 2. The van der Waals surface area contributed by atoms with Crippen LogP contribution in [0, 0.1) is 5.82 Å². The minimum absolute atomic E-state index is 0.224. The number of H-pyrrole nitrogens is 1. The summed E-state index contributed by atoms with van der Waals surface area (Å²) in [5.74, 6) is -1.09. The molecule has 3 heterocycles. The first-order valence-corrected chi connectivity index (χ1v) is 10.5. The lowest BCUT2D eigenvalue weighted by atomic mass is 10.2. The largest absolute Gasteiger partial charge is 0.394 e. The number of hydrogen-bond acceptors (Lipinski definition) is 6. The van der Waals surface area contributed by atoms with Crippen LogP contribution in [0.1, 0.15) is 17.5 Å². The molecule has 0 amide bonds. The van der Waals surface area contributed by atoms with Crippen LogP contribution < -0.4 is 11.2 Å². The van der Waals surface area contributed by atoms with Crippen LogP contribution in [0.5, 0.6) is 0 Å². The maximum atomic E-state index is 13.5. The summed E-state index contributed by atoms with van der Waals surface area (Å²) in [5, 5.41) is 9.52. The van der Waals surface area contributed by atoms with Crippen LogP contribution >= 0.6 is 59.1 Å². The van der Waals surface area contributed by atoms with Crippen LogP contribution in [0.3, 0.4) is 0 Å². The highest BCUT2D eigenvalue weighted by Crippen LogP contribution is 2.42. The second-order valence-electron chi connectivity index (χ2n) is 5.47. The number of halogens is 4. The van der Waals surface area contributed by atoms with Crippen molar-refractivity contribution >= 4 is 59.1 Å².